The summed E-state index contributed by atoms with van der Waals surface area (Å²) in [7, 11) is 0. The first-order valence-electron chi connectivity index (χ1n) is 8.72. The molecule has 0 saturated heterocycles. The molecule has 3 rings (SSSR count). The number of rotatable bonds is 3. The quantitative estimate of drug-likeness (QED) is 0.583. The highest BCUT2D eigenvalue weighted by molar-refractivity contribution is 5.24. The fourth-order valence-corrected chi connectivity index (χ4v) is 4.77. The summed E-state index contributed by atoms with van der Waals surface area (Å²) in [5, 5.41) is 0. The van der Waals surface area contributed by atoms with Crippen molar-refractivity contribution in [1.29, 1.82) is 0 Å². The second-order valence-electron chi connectivity index (χ2n) is 7.30. The lowest BCUT2D eigenvalue weighted by Crippen LogP contribution is -2.30. The first kappa shape index (κ1) is 15.9. The van der Waals surface area contributed by atoms with Crippen LogP contribution in [-0.2, 0) is 0 Å². The summed E-state index contributed by atoms with van der Waals surface area (Å²) in [6.07, 6.45) is 9.61. The molecule has 0 nitrogen and oxygen atoms in total. The van der Waals surface area contributed by atoms with Gasteiger partial charge in [-0.2, -0.15) is 0 Å². The topological polar surface area (TPSA) is 0 Å². The van der Waals surface area contributed by atoms with Crippen molar-refractivity contribution >= 4 is 0 Å². The molecule has 0 amide bonds. The van der Waals surface area contributed by atoms with E-state index in [2.05, 4.69) is 6.92 Å². The Labute approximate surface area is 131 Å². The van der Waals surface area contributed by atoms with Crippen LogP contribution in [0.3, 0.4) is 0 Å². The Balaban J connectivity index is 1.68. The highest BCUT2D eigenvalue weighted by Crippen LogP contribution is 2.48. The standard InChI is InChI=1S/C19H25F3/c1-2-3-12-4-5-14-9-15(7-6-13(14)8-12)16-10-17(20)19(22)18(21)11-16/h10-15H,2-9H2,1H3/t12?,13?,14-,15-/m1/s1. The molecule has 0 N–H and O–H groups in total. The van der Waals surface area contributed by atoms with E-state index in [4.69, 9.17) is 0 Å². The van der Waals surface area contributed by atoms with Gasteiger partial charge in [0.25, 0.3) is 0 Å². The smallest absolute Gasteiger partial charge is 0.194 e. The highest BCUT2D eigenvalue weighted by Gasteiger charge is 2.36. The summed E-state index contributed by atoms with van der Waals surface area (Å²) in [4.78, 5) is 0. The monoisotopic (exact) mass is 310 g/mol. The Bertz CT molecular complexity index is 502. The molecule has 0 radical (unpaired) electrons. The SMILES string of the molecule is CCCC1CC[C@@H]2C[C@H](c3cc(F)c(F)c(F)c3)CCC2C1. The van der Waals surface area contributed by atoms with Crippen LogP contribution in [0.25, 0.3) is 0 Å². The summed E-state index contributed by atoms with van der Waals surface area (Å²) in [6, 6.07) is 2.40. The van der Waals surface area contributed by atoms with Crippen molar-refractivity contribution in [2.75, 3.05) is 0 Å². The van der Waals surface area contributed by atoms with Crippen LogP contribution >= 0.6 is 0 Å². The van der Waals surface area contributed by atoms with Crippen LogP contribution in [0.5, 0.6) is 0 Å². The summed E-state index contributed by atoms with van der Waals surface area (Å²) < 4.78 is 40.0. The number of fused-ring (bicyclic) bond motifs is 1. The van der Waals surface area contributed by atoms with Crippen LogP contribution in [0.15, 0.2) is 12.1 Å². The fourth-order valence-electron chi connectivity index (χ4n) is 4.77. The lowest BCUT2D eigenvalue weighted by Gasteiger charge is -2.42. The number of hydrogen-bond donors (Lipinski definition) is 0. The lowest BCUT2D eigenvalue weighted by atomic mass is 9.63. The zero-order chi connectivity index (χ0) is 15.7. The Hall–Kier alpha value is -0.990. The lowest BCUT2D eigenvalue weighted by molar-refractivity contribution is 0.114. The maximum Gasteiger partial charge on any atom is 0.194 e. The molecule has 0 heterocycles. The van der Waals surface area contributed by atoms with Crippen molar-refractivity contribution in [3.63, 3.8) is 0 Å². The van der Waals surface area contributed by atoms with E-state index in [0.29, 0.717) is 11.5 Å². The van der Waals surface area contributed by atoms with Crippen molar-refractivity contribution in [3.05, 3.63) is 35.1 Å². The molecule has 2 aliphatic carbocycles. The summed E-state index contributed by atoms with van der Waals surface area (Å²) in [6.45, 7) is 2.25. The Morgan fingerprint density at radius 1 is 0.909 bits per heavy atom. The Kier molecular flexibility index (Phi) is 4.79. The molecule has 2 aliphatic rings. The Morgan fingerprint density at radius 3 is 2.23 bits per heavy atom. The predicted octanol–water partition coefficient (Wildman–Crippen LogP) is 6.20. The van der Waals surface area contributed by atoms with Gasteiger partial charge in [-0.15, -0.1) is 0 Å². The van der Waals surface area contributed by atoms with Gasteiger partial charge in [0.05, 0.1) is 0 Å². The molecule has 122 valence electrons. The molecule has 22 heavy (non-hydrogen) atoms. The van der Waals surface area contributed by atoms with Gasteiger partial charge in [0, 0.05) is 0 Å². The van der Waals surface area contributed by atoms with Crippen LogP contribution < -0.4 is 0 Å². The molecule has 4 atom stereocenters. The van der Waals surface area contributed by atoms with Crippen LogP contribution in [-0.4, -0.2) is 0 Å². The molecule has 2 fully saturated rings. The highest BCUT2D eigenvalue weighted by atomic mass is 19.2. The first-order chi connectivity index (χ1) is 10.6. The van der Waals surface area contributed by atoms with E-state index < -0.39 is 17.5 Å². The van der Waals surface area contributed by atoms with E-state index in [9.17, 15) is 13.2 Å². The number of hydrogen-bond acceptors (Lipinski definition) is 0. The van der Waals surface area contributed by atoms with Gasteiger partial charge in [0.15, 0.2) is 17.5 Å². The van der Waals surface area contributed by atoms with Crippen molar-refractivity contribution in [2.24, 2.45) is 17.8 Å². The summed E-state index contributed by atoms with van der Waals surface area (Å²) >= 11 is 0. The van der Waals surface area contributed by atoms with Crippen LogP contribution in [0, 0.1) is 35.2 Å². The van der Waals surface area contributed by atoms with E-state index >= 15 is 0 Å². The van der Waals surface area contributed by atoms with Gasteiger partial charge >= 0.3 is 0 Å². The fraction of sp³-hybridized carbons (Fsp3) is 0.684. The minimum atomic E-state index is -1.35. The molecular formula is C19H25F3. The van der Waals surface area contributed by atoms with Gasteiger partial charge < -0.3 is 0 Å². The predicted molar refractivity (Wildman–Crippen MR) is 82.1 cm³/mol. The van der Waals surface area contributed by atoms with Crippen LogP contribution in [0.1, 0.15) is 69.8 Å². The van der Waals surface area contributed by atoms with Crippen molar-refractivity contribution in [1.82, 2.24) is 0 Å². The average molecular weight is 310 g/mol. The van der Waals surface area contributed by atoms with Gasteiger partial charge in [-0.3, -0.25) is 0 Å². The van der Waals surface area contributed by atoms with Gasteiger partial charge in [-0.25, -0.2) is 13.2 Å². The van der Waals surface area contributed by atoms with Gasteiger partial charge in [0.1, 0.15) is 0 Å². The molecule has 0 bridgehead atoms. The second-order valence-corrected chi connectivity index (χ2v) is 7.30. The van der Waals surface area contributed by atoms with E-state index in [1.807, 2.05) is 0 Å². The van der Waals surface area contributed by atoms with Crippen LogP contribution in [0.4, 0.5) is 13.2 Å². The first-order valence-corrected chi connectivity index (χ1v) is 8.72. The van der Waals surface area contributed by atoms with Crippen molar-refractivity contribution < 1.29 is 13.2 Å². The molecule has 3 heteroatoms. The van der Waals surface area contributed by atoms with E-state index in [0.717, 1.165) is 31.1 Å². The molecule has 2 saturated carbocycles. The zero-order valence-electron chi connectivity index (χ0n) is 13.3. The van der Waals surface area contributed by atoms with E-state index in [-0.39, 0.29) is 5.92 Å². The maximum absolute atomic E-state index is 13.4. The minimum Gasteiger partial charge on any atom is -0.204 e. The van der Waals surface area contributed by atoms with Gasteiger partial charge in [-0.05, 0) is 73.5 Å². The van der Waals surface area contributed by atoms with Crippen molar-refractivity contribution in [3.8, 4) is 0 Å². The minimum absolute atomic E-state index is 0.188. The van der Waals surface area contributed by atoms with Crippen LogP contribution in [0.2, 0.25) is 0 Å². The molecule has 0 spiro atoms. The van der Waals surface area contributed by atoms with E-state index in [1.54, 1.807) is 0 Å². The maximum atomic E-state index is 13.4. The third-order valence-electron chi connectivity index (χ3n) is 5.90. The molecular weight excluding hydrogens is 285 g/mol. The molecule has 0 aliphatic heterocycles. The summed E-state index contributed by atoms with van der Waals surface area (Å²) in [5.74, 6) is -0.915. The summed E-state index contributed by atoms with van der Waals surface area (Å²) in [5.41, 5.74) is 0.644. The molecule has 1 aromatic carbocycles. The second kappa shape index (κ2) is 6.64. The third kappa shape index (κ3) is 3.18. The van der Waals surface area contributed by atoms with Crippen molar-refractivity contribution in [2.45, 2.75) is 64.2 Å². The molecule has 0 aromatic heterocycles. The number of halogens is 3. The average Bonchev–Trinajstić information content (AvgIpc) is 2.52. The van der Waals surface area contributed by atoms with Gasteiger partial charge in [-0.1, -0.05) is 26.2 Å². The largest absolute Gasteiger partial charge is 0.204 e. The zero-order valence-corrected chi connectivity index (χ0v) is 13.3. The molecule has 1 aromatic rings. The Morgan fingerprint density at radius 2 is 1.55 bits per heavy atom. The third-order valence-corrected chi connectivity index (χ3v) is 5.90. The normalized spacial score (nSPS) is 31.8. The van der Waals surface area contributed by atoms with E-state index in [1.165, 1.54) is 44.2 Å². The number of benzene rings is 1. The van der Waals surface area contributed by atoms with Gasteiger partial charge in [0.2, 0.25) is 0 Å². The molecule has 2 unspecified atom stereocenters.